The van der Waals surface area contributed by atoms with Crippen molar-refractivity contribution in [3.05, 3.63) is 33.3 Å². The van der Waals surface area contributed by atoms with Crippen molar-refractivity contribution in [2.75, 3.05) is 0 Å². The van der Waals surface area contributed by atoms with E-state index < -0.39 is 0 Å². The molecule has 0 bridgehead atoms. The zero-order valence-corrected chi connectivity index (χ0v) is 12.4. The van der Waals surface area contributed by atoms with Gasteiger partial charge in [0, 0.05) is 18.2 Å². The van der Waals surface area contributed by atoms with Crippen molar-refractivity contribution >= 4 is 34.5 Å². The highest BCUT2D eigenvalue weighted by Gasteiger charge is 2.08. The molecule has 96 valence electrons. The van der Waals surface area contributed by atoms with Gasteiger partial charge in [0.15, 0.2) is 0 Å². The van der Waals surface area contributed by atoms with Crippen LogP contribution in [0.15, 0.2) is 18.2 Å². The molecule has 0 amide bonds. The van der Waals surface area contributed by atoms with Crippen LogP contribution < -0.4 is 5.32 Å². The summed E-state index contributed by atoms with van der Waals surface area (Å²) < 4.78 is 0. The predicted molar refractivity (Wildman–Crippen MR) is 77.3 cm³/mol. The van der Waals surface area contributed by atoms with E-state index in [4.69, 9.17) is 23.2 Å². The van der Waals surface area contributed by atoms with Gasteiger partial charge >= 0.3 is 0 Å². The lowest BCUT2D eigenvalue weighted by atomic mass is 10.2. The first-order valence-electron chi connectivity index (χ1n) is 5.57. The van der Waals surface area contributed by atoms with E-state index in [0.717, 1.165) is 22.1 Å². The summed E-state index contributed by atoms with van der Waals surface area (Å²) in [5, 5.41) is 14.5. The zero-order chi connectivity index (χ0) is 13.1. The molecule has 18 heavy (non-hydrogen) atoms. The van der Waals surface area contributed by atoms with Crippen molar-refractivity contribution in [3.63, 3.8) is 0 Å². The molecular formula is C12H13Cl2N3S. The number of nitrogens with one attached hydrogen (secondary N) is 1. The molecule has 0 saturated heterocycles. The molecule has 2 aromatic rings. The third-order valence-corrected chi connectivity index (χ3v) is 4.01. The van der Waals surface area contributed by atoms with Crippen LogP contribution in [0.3, 0.4) is 0 Å². The van der Waals surface area contributed by atoms with Gasteiger partial charge in [-0.25, -0.2) is 0 Å². The zero-order valence-electron chi connectivity index (χ0n) is 10.1. The summed E-state index contributed by atoms with van der Waals surface area (Å²) >= 11 is 13.4. The molecule has 6 heteroatoms. The third-order valence-electron chi connectivity index (χ3n) is 2.29. The fourth-order valence-corrected chi connectivity index (χ4v) is 2.45. The summed E-state index contributed by atoms with van der Waals surface area (Å²) in [6, 6.07) is 5.91. The smallest absolute Gasteiger partial charge is 0.147 e. The molecule has 0 aliphatic rings. The first-order chi connectivity index (χ1) is 8.56. The molecule has 1 heterocycles. The SMILES string of the molecule is CC(C)NCc1nnc(-c2ccc(Cl)c(Cl)c2)s1. The van der Waals surface area contributed by atoms with Gasteiger partial charge in [0.05, 0.1) is 10.0 Å². The second-order valence-corrected chi connectivity index (χ2v) is 6.04. The molecule has 0 aliphatic heterocycles. The van der Waals surface area contributed by atoms with Crippen molar-refractivity contribution in [1.82, 2.24) is 15.5 Å². The highest BCUT2D eigenvalue weighted by Crippen LogP contribution is 2.30. The molecule has 0 saturated carbocycles. The summed E-state index contributed by atoms with van der Waals surface area (Å²) in [5.41, 5.74) is 0.942. The number of hydrogen-bond donors (Lipinski definition) is 1. The highest BCUT2D eigenvalue weighted by molar-refractivity contribution is 7.14. The minimum atomic E-state index is 0.433. The van der Waals surface area contributed by atoms with Crippen molar-refractivity contribution in [2.45, 2.75) is 26.4 Å². The van der Waals surface area contributed by atoms with E-state index in [1.165, 1.54) is 0 Å². The van der Waals surface area contributed by atoms with Crippen molar-refractivity contribution in [3.8, 4) is 10.6 Å². The van der Waals surface area contributed by atoms with Crippen molar-refractivity contribution < 1.29 is 0 Å². The van der Waals surface area contributed by atoms with Crippen LogP contribution >= 0.6 is 34.5 Å². The van der Waals surface area contributed by atoms with Crippen LogP contribution in [0, 0.1) is 0 Å². The van der Waals surface area contributed by atoms with Gasteiger partial charge in [0.25, 0.3) is 0 Å². The third kappa shape index (κ3) is 3.42. The Hall–Kier alpha value is -0.680. The molecule has 1 aromatic carbocycles. The second kappa shape index (κ2) is 5.97. The monoisotopic (exact) mass is 301 g/mol. The number of rotatable bonds is 4. The number of hydrogen-bond acceptors (Lipinski definition) is 4. The van der Waals surface area contributed by atoms with E-state index in [0.29, 0.717) is 16.1 Å². The predicted octanol–water partition coefficient (Wildman–Crippen LogP) is 4.01. The largest absolute Gasteiger partial charge is 0.308 e. The van der Waals surface area contributed by atoms with Gasteiger partial charge in [-0.2, -0.15) is 0 Å². The summed E-state index contributed by atoms with van der Waals surface area (Å²) in [4.78, 5) is 0. The topological polar surface area (TPSA) is 37.8 Å². The average Bonchev–Trinajstić information content (AvgIpc) is 2.79. The molecule has 1 N–H and O–H groups in total. The van der Waals surface area contributed by atoms with Crippen LogP contribution in [-0.2, 0) is 6.54 Å². The maximum Gasteiger partial charge on any atom is 0.147 e. The molecule has 0 spiro atoms. The Morgan fingerprint density at radius 3 is 2.67 bits per heavy atom. The standard InChI is InChI=1S/C12H13Cl2N3S/c1-7(2)15-6-11-16-17-12(18-11)8-3-4-9(13)10(14)5-8/h3-5,7,15H,6H2,1-2H3. The van der Waals surface area contributed by atoms with Crippen LogP contribution in [0.1, 0.15) is 18.9 Å². The fraction of sp³-hybridized carbons (Fsp3) is 0.333. The molecule has 1 aromatic heterocycles. The van der Waals surface area contributed by atoms with Gasteiger partial charge in [-0.05, 0) is 12.1 Å². The van der Waals surface area contributed by atoms with E-state index in [1.807, 2.05) is 12.1 Å². The van der Waals surface area contributed by atoms with Crippen LogP contribution in [0.2, 0.25) is 10.0 Å². The fourth-order valence-electron chi connectivity index (χ4n) is 1.36. The van der Waals surface area contributed by atoms with E-state index in [-0.39, 0.29) is 0 Å². The Kier molecular flexibility index (Phi) is 4.56. The van der Waals surface area contributed by atoms with Gasteiger partial charge in [-0.1, -0.05) is 54.5 Å². The van der Waals surface area contributed by atoms with E-state index in [9.17, 15) is 0 Å². The Balaban J connectivity index is 2.16. The Morgan fingerprint density at radius 2 is 2.00 bits per heavy atom. The summed E-state index contributed by atoms with van der Waals surface area (Å²) in [5.74, 6) is 0. The first kappa shape index (κ1) is 13.7. The van der Waals surface area contributed by atoms with Crippen LogP contribution in [0.5, 0.6) is 0 Å². The number of aromatic nitrogens is 2. The normalized spacial score (nSPS) is 11.2. The van der Waals surface area contributed by atoms with E-state index >= 15 is 0 Å². The molecule has 0 aliphatic carbocycles. The Bertz CT molecular complexity index is 540. The minimum absolute atomic E-state index is 0.433. The lowest BCUT2D eigenvalue weighted by molar-refractivity contribution is 0.585. The van der Waals surface area contributed by atoms with E-state index in [2.05, 4.69) is 29.4 Å². The molecule has 0 fully saturated rings. The maximum absolute atomic E-state index is 5.99. The van der Waals surface area contributed by atoms with Crippen LogP contribution in [0.25, 0.3) is 10.6 Å². The molecule has 0 unspecified atom stereocenters. The van der Waals surface area contributed by atoms with Crippen LogP contribution in [-0.4, -0.2) is 16.2 Å². The number of benzene rings is 1. The van der Waals surface area contributed by atoms with Crippen LogP contribution in [0.4, 0.5) is 0 Å². The van der Waals surface area contributed by atoms with Gasteiger partial charge in [0.1, 0.15) is 10.0 Å². The second-order valence-electron chi connectivity index (χ2n) is 4.17. The molecular weight excluding hydrogens is 289 g/mol. The van der Waals surface area contributed by atoms with E-state index in [1.54, 1.807) is 17.4 Å². The van der Waals surface area contributed by atoms with Gasteiger partial charge in [-0.15, -0.1) is 10.2 Å². The average molecular weight is 302 g/mol. The quantitative estimate of drug-likeness (QED) is 0.927. The molecule has 0 atom stereocenters. The van der Waals surface area contributed by atoms with Gasteiger partial charge in [-0.3, -0.25) is 0 Å². The Morgan fingerprint density at radius 1 is 1.22 bits per heavy atom. The molecule has 0 radical (unpaired) electrons. The first-order valence-corrected chi connectivity index (χ1v) is 7.14. The Labute approximate surface area is 120 Å². The summed E-state index contributed by atoms with van der Waals surface area (Å²) in [6.45, 7) is 4.93. The lowest BCUT2D eigenvalue weighted by Gasteiger charge is -2.03. The van der Waals surface area contributed by atoms with Crippen molar-refractivity contribution in [1.29, 1.82) is 0 Å². The van der Waals surface area contributed by atoms with Gasteiger partial charge < -0.3 is 5.32 Å². The van der Waals surface area contributed by atoms with Gasteiger partial charge in [0.2, 0.25) is 0 Å². The summed E-state index contributed by atoms with van der Waals surface area (Å²) in [6.07, 6.45) is 0. The lowest BCUT2D eigenvalue weighted by Crippen LogP contribution is -2.21. The maximum atomic E-state index is 5.99. The molecule has 3 nitrogen and oxygen atoms in total. The summed E-state index contributed by atoms with van der Waals surface area (Å²) in [7, 11) is 0. The molecule has 2 rings (SSSR count). The minimum Gasteiger partial charge on any atom is -0.308 e. The number of halogens is 2. The number of nitrogens with zero attached hydrogens (tertiary/aromatic N) is 2. The highest BCUT2D eigenvalue weighted by atomic mass is 35.5. The van der Waals surface area contributed by atoms with Crippen molar-refractivity contribution in [2.24, 2.45) is 0 Å².